The van der Waals surface area contributed by atoms with Crippen LogP contribution in [0.15, 0.2) is 83.5 Å². The van der Waals surface area contributed by atoms with E-state index in [0.29, 0.717) is 36.5 Å². The van der Waals surface area contributed by atoms with Crippen molar-refractivity contribution >= 4 is 33.5 Å². The van der Waals surface area contributed by atoms with Crippen LogP contribution in [0.4, 0.5) is 8.78 Å². The first-order valence-corrected chi connectivity index (χ1v) is 16.4. The predicted octanol–water partition coefficient (Wildman–Crippen LogP) is 6.66. The smallest absolute Gasteiger partial charge is 0.243 e. The third-order valence-electron chi connectivity index (χ3n) is 9.06. The number of Topliss-reactive ketones (excluding diaryl/α,β-unsaturated/α-hetero) is 1. The van der Waals surface area contributed by atoms with Crippen LogP contribution in [0, 0.1) is 23.0 Å². The molecule has 226 valence electrons. The normalized spacial score (nSPS) is 21.5. The molecular weight excluding hydrogens is 606 g/mol. The molecule has 2 heterocycles. The van der Waals surface area contributed by atoms with Gasteiger partial charge in [0.05, 0.1) is 27.9 Å². The number of hydrogen-bond acceptors (Lipinski definition) is 5. The van der Waals surface area contributed by atoms with Gasteiger partial charge in [0, 0.05) is 23.8 Å². The highest BCUT2D eigenvalue weighted by Gasteiger charge is 2.52. The largest absolute Gasteiger partial charge is 0.291 e. The first kappa shape index (κ1) is 29.0. The standard InChI is InChI=1S/C33H29ClF2N4O3S/c34-24-13-14-37-30(16-24)32(41)33-17-22-19-38-40(27-9-4-25(35)5-10-27)31(22)15-23(33)3-8-28(18-33)39(20-21-1-2-21)44(42,43)29-11-6-26(36)7-12-29/h4-7,9-16,19,21,28H,1-3,8,17-18,20H2/t28-,33-/m0/s1. The maximum absolute atomic E-state index is 14.6. The summed E-state index contributed by atoms with van der Waals surface area (Å²) >= 11 is 6.29. The van der Waals surface area contributed by atoms with E-state index in [1.54, 1.807) is 39.4 Å². The molecule has 2 atom stereocenters. The van der Waals surface area contributed by atoms with Gasteiger partial charge in [0.15, 0.2) is 5.78 Å². The number of pyridine rings is 1. The molecule has 0 spiro atoms. The molecular formula is C33H29ClF2N4O3S. The number of sulfonamides is 1. The molecule has 0 radical (unpaired) electrons. The van der Waals surface area contributed by atoms with Crippen LogP contribution in [0.1, 0.15) is 53.8 Å². The minimum absolute atomic E-state index is 0.0317. The summed E-state index contributed by atoms with van der Waals surface area (Å²) in [6.45, 7) is 0.344. The highest BCUT2D eigenvalue weighted by atomic mass is 35.5. The van der Waals surface area contributed by atoms with Crippen LogP contribution in [0.25, 0.3) is 11.8 Å². The molecule has 2 fully saturated rings. The van der Waals surface area contributed by atoms with Crippen LogP contribution >= 0.6 is 11.6 Å². The zero-order valence-corrected chi connectivity index (χ0v) is 25.2. The van der Waals surface area contributed by atoms with E-state index in [-0.39, 0.29) is 34.5 Å². The molecule has 2 aromatic carbocycles. The molecule has 2 aromatic heterocycles. The van der Waals surface area contributed by atoms with Gasteiger partial charge in [-0.15, -0.1) is 0 Å². The number of halogens is 3. The lowest BCUT2D eigenvalue weighted by atomic mass is 9.60. The molecule has 0 saturated heterocycles. The number of fused-ring (bicyclic) bond motifs is 2. The van der Waals surface area contributed by atoms with E-state index in [9.17, 15) is 22.0 Å². The van der Waals surface area contributed by atoms with Crippen LogP contribution in [-0.4, -0.2) is 45.9 Å². The molecule has 0 aliphatic heterocycles. The van der Waals surface area contributed by atoms with Gasteiger partial charge >= 0.3 is 0 Å². The van der Waals surface area contributed by atoms with Gasteiger partial charge in [-0.05, 0) is 117 Å². The van der Waals surface area contributed by atoms with E-state index in [2.05, 4.69) is 10.1 Å². The van der Waals surface area contributed by atoms with E-state index in [4.69, 9.17) is 11.6 Å². The monoisotopic (exact) mass is 634 g/mol. The van der Waals surface area contributed by atoms with Crippen molar-refractivity contribution in [1.82, 2.24) is 19.1 Å². The van der Waals surface area contributed by atoms with Crippen molar-refractivity contribution in [2.75, 3.05) is 6.54 Å². The Balaban J connectivity index is 1.31. The van der Waals surface area contributed by atoms with Crippen molar-refractivity contribution in [3.63, 3.8) is 0 Å². The van der Waals surface area contributed by atoms with Crippen molar-refractivity contribution in [3.05, 3.63) is 112 Å². The second kappa shape index (κ2) is 11.0. The lowest BCUT2D eigenvalue weighted by Crippen LogP contribution is -2.51. The van der Waals surface area contributed by atoms with E-state index in [1.165, 1.54) is 30.5 Å². The summed E-state index contributed by atoms with van der Waals surface area (Å²) in [5, 5.41) is 4.97. The van der Waals surface area contributed by atoms with E-state index in [1.807, 2.05) is 6.08 Å². The topological polar surface area (TPSA) is 85.2 Å². The van der Waals surface area contributed by atoms with E-state index < -0.39 is 27.3 Å². The second-order valence-corrected chi connectivity index (χ2v) is 14.3. The molecule has 0 N–H and O–H groups in total. The number of rotatable bonds is 8. The van der Waals surface area contributed by atoms with Gasteiger partial charge in [-0.25, -0.2) is 21.9 Å². The average Bonchev–Trinajstić information content (AvgIpc) is 3.76. The number of allylic oxidation sites excluding steroid dienone is 1. The molecule has 7 nitrogen and oxygen atoms in total. The molecule has 2 saturated carbocycles. The molecule has 4 aromatic rings. The quantitative estimate of drug-likeness (QED) is 0.202. The lowest BCUT2D eigenvalue weighted by Gasteiger charge is -2.46. The number of hydrogen-bond donors (Lipinski definition) is 0. The number of carbonyl (C=O) groups is 1. The Bertz CT molecular complexity index is 1890. The number of carbonyl (C=O) groups excluding carboxylic acids is 1. The highest BCUT2D eigenvalue weighted by Crippen LogP contribution is 2.52. The number of aromatic nitrogens is 3. The molecule has 0 unspecified atom stereocenters. The number of nitrogens with zero attached hydrogens (tertiary/aromatic N) is 4. The van der Waals surface area contributed by atoms with Gasteiger partial charge in [-0.1, -0.05) is 17.2 Å². The molecule has 7 rings (SSSR count). The van der Waals surface area contributed by atoms with Crippen molar-refractivity contribution < 1.29 is 22.0 Å². The number of ketones is 1. The Morgan fingerprint density at radius 2 is 1.73 bits per heavy atom. The maximum atomic E-state index is 14.6. The molecule has 3 aliphatic rings. The van der Waals surface area contributed by atoms with Gasteiger partial charge in [0.25, 0.3) is 0 Å². The molecule has 44 heavy (non-hydrogen) atoms. The third-order valence-corrected chi connectivity index (χ3v) is 11.2. The summed E-state index contributed by atoms with van der Waals surface area (Å²) in [6.07, 6.45) is 8.61. The predicted molar refractivity (Wildman–Crippen MR) is 162 cm³/mol. The fourth-order valence-corrected chi connectivity index (χ4v) is 8.52. The van der Waals surface area contributed by atoms with Crippen LogP contribution in [0.2, 0.25) is 5.02 Å². The average molecular weight is 635 g/mol. The van der Waals surface area contributed by atoms with Gasteiger partial charge in [-0.3, -0.25) is 9.78 Å². The summed E-state index contributed by atoms with van der Waals surface area (Å²) in [6, 6.07) is 13.6. The van der Waals surface area contributed by atoms with Crippen LogP contribution in [0.5, 0.6) is 0 Å². The van der Waals surface area contributed by atoms with Crippen LogP contribution in [-0.2, 0) is 16.4 Å². The van der Waals surface area contributed by atoms with Gasteiger partial charge < -0.3 is 0 Å². The molecule has 0 bridgehead atoms. The first-order chi connectivity index (χ1) is 21.1. The minimum Gasteiger partial charge on any atom is -0.291 e. The second-order valence-electron chi connectivity index (χ2n) is 11.9. The maximum Gasteiger partial charge on any atom is 0.243 e. The van der Waals surface area contributed by atoms with Crippen molar-refractivity contribution in [2.45, 2.75) is 49.5 Å². The Morgan fingerprint density at radius 3 is 2.41 bits per heavy atom. The fraction of sp³-hybridized carbons (Fsp3) is 0.303. The summed E-state index contributed by atoms with van der Waals surface area (Å²) in [5.74, 6) is -0.837. The summed E-state index contributed by atoms with van der Waals surface area (Å²) in [5.41, 5.74) is 2.33. The third kappa shape index (κ3) is 5.18. The fourth-order valence-electron chi connectivity index (χ4n) is 6.63. The summed E-state index contributed by atoms with van der Waals surface area (Å²) in [7, 11) is -3.98. The minimum atomic E-state index is -3.98. The van der Waals surface area contributed by atoms with Gasteiger partial charge in [0.1, 0.15) is 17.3 Å². The first-order valence-electron chi connectivity index (χ1n) is 14.6. The van der Waals surface area contributed by atoms with Crippen LogP contribution < -0.4 is 0 Å². The molecule has 11 heteroatoms. The van der Waals surface area contributed by atoms with Crippen LogP contribution in [0.3, 0.4) is 0 Å². The Morgan fingerprint density at radius 1 is 1.02 bits per heavy atom. The summed E-state index contributed by atoms with van der Waals surface area (Å²) in [4.78, 5) is 18.9. The van der Waals surface area contributed by atoms with E-state index in [0.717, 1.165) is 41.8 Å². The zero-order valence-electron chi connectivity index (χ0n) is 23.7. The molecule has 0 amide bonds. The van der Waals surface area contributed by atoms with E-state index >= 15 is 0 Å². The Labute approximate surface area is 259 Å². The SMILES string of the molecule is O=C(c1cc(Cl)ccn1)[C@]12Cc3cnn(-c4ccc(F)cc4)c3C=C1CC[C@H](N(CC1CC1)S(=O)(=O)c1ccc(F)cc1)C2. The lowest BCUT2D eigenvalue weighted by molar-refractivity contribution is 0.0735. The van der Waals surface area contributed by atoms with Crippen molar-refractivity contribution in [3.8, 4) is 5.69 Å². The van der Waals surface area contributed by atoms with Gasteiger partial charge in [-0.2, -0.15) is 9.40 Å². The number of benzene rings is 2. The highest BCUT2D eigenvalue weighted by molar-refractivity contribution is 7.89. The molecule has 3 aliphatic carbocycles. The van der Waals surface area contributed by atoms with Crippen molar-refractivity contribution in [2.24, 2.45) is 11.3 Å². The zero-order chi connectivity index (χ0) is 30.6. The van der Waals surface area contributed by atoms with Crippen molar-refractivity contribution in [1.29, 1.82) is 0 Å². The summed E-state index contributed by atoms with van der Waals surface area (Å²) < 4.78 is 58.8. The Kier molecular flexibility index (Phi) is 7.26. The van der Waals surface area contributed by atoms with Gasteiger partial charge in [0.2, 0.25) is 10.0 Å². The Hall–Kier alpha value is -3.73.